The van der Waals surface area contributed by atoms with Crippen molar-refractivity contribution < 1.29 is 9.21 Å². The maximum Gasteiger partial charge on any atom is 0.254 e. The fraction of sp³-hybridized carbons (Fsp3) is 0.192. The number of carbonyl (C=O) groups excluding carboxylic acids is 1. The summed E-state index contributed by atoms with van der Waals surface area (Å²) >= 11 is 0. The number of pyridine rings is 1. The van der Waals surface area contributed by atoms with Gasteiger partial charge < -0.3 is 14.3 Å². The number of fused-ring (bicyclic) bond motifs is 2. The van der Waals surface area contributed by atoms with Crippen LogP contribution >= 0.6 is 0 Å². The zero-order chi connectivity index (χ0) is 21.5. The molecule has 2 aromatic carbocycles. The Bertz CT molecular complexity index is 1390. The van der Waals surface area contributed by atoms with Gasteiger partial charge in [0.05, 0.1) is 28.4 Å². The number of piperidine rings is 1. The standard InChI is InChI=1S/C26H22N4O2/c31-26(19-15-23(24-12-6-14-32-24)27-20-9-2-1-8-18(19)20)30-13-5-7-17(16-30)25-28-21-10-3-4-11-22(21)29-25/h1-4,6,8-12,14-15,17H,5,7,13,16H2,(H,28,29). The third kappa shape index (κ3) is 3.24. The monoisotopic (exact) mass is 422 g/mol. The number of hydrogen-bond donors (Lipinski definition) is 1. The zero-order valence-electron chi connectivity index (χ0n) is 17.5. The summed E-state index contributed by atoms with van der Waals surface area (Å²) in [6, 6.07) is 21.4. The van der Waals surface area contributed by atoms with E-state index >= 15 is 0 Å². The van der Waals surface area contributed by atoms with Crippen LogP contribution in [-0.4, -0.2) is 38.8 Å². The Hall–Kier alpha value is -3.93. The van der Waals surface area contributed by atoms with Gasteiger partial charge >= 0.3 is 0 Å². The van der Waals surface area contributed by atoms with Gasteiger partial charge in [0.15, 0.2) is 5.76 Å². The Labute approximate surface area is 184 Å². The van der Waals surface area contributed by atoms with E-state index in [-0.39, 0.29) is 11.8 Å². The summed E-state index contributed by atoms with van der Waals surface area (Å²) in [6.45, 7) is 1.38. The van der Waals surface area contributed by atoms with Crippen LogP contribution < -0.4 is 0 Å². The van der Waals surface area contributed by atoms with Crippen molar-refractivity contribution in [1.82, 2.24) is 19.9 Å². The maximum absolute atomic E-state index is 13.7. The van der Waals surface area contributed by atoms with Crippen molar-refractivity contribution in [2.45, 2.75) is 18.8 Å². The molecule has 1 N–H and O–H groups in total. The molecule has 5 aromatic rings. The van der Waals surface area contributed by atoms with E-state index in [1.165, 1.54) is 0 Å². The molecule has 0 radical (unpaired) electrons. The summed E-state index contributed by atoms with van der Waals surface area (Å²) in [5, 5.41) is 0.860. The van der Waals surface area contributed by atoms with Crippen LogP contribution in [0.2, 0.25) is 0 Å². The first-order valence-electron chi connectivity index (χ1n) is 10.9. The number of carbonyl (C=O) groups is 1. The number of imidazole rings is 1. The number of para-hydroxylation sites is 3. The predicted octanol–water partition coefficient (Wildman–Crippen LogP) is 5.39. The highest BCUT2D eigenvalue weighted by Crippen LogP contribution is 2.30. The topological polar surface area (TPSA) is 75.0 Å². The number of furan rings is 1. The number of benzene rings is 2. The van der Waals surface area contributed by atoms with Gasteiger partial charge in [0.1, 0.15) is 11.5 Å². The van der Waals surface area contributed by atoms with Crippen molar-refractivity contribution >= 4 is 27.8 Å². The number of amides is 1. The largest absolute Gasteiger partial charge is 0.463 e. The van der Waals surface area contributed by atoms with Gasteiger partial charge in [-0.05, 0) is 49.2 Å². The molecule has 0 aliphatic carbocycles. The minimum Gasteiger partial charge on any atom is -0.463 e. The summed E-state index contributed by atoms with van der Waals surface area (Å²) in [5.74, 6) is 1.83. The highest BCUT2D eigenvalue weighted by atomic mass is 16.3. The molecule has 1 saturated heterocycles. The van der Waals surface area contributed by atoms with E-state index in [1.54, 1.807) is 6.26 Å². The minimum atomic E-state index is 0.0252. The van der Waals surface area contributed by atoms with Crippen LogP contribution in [0.25, 0.3) is 33.4 Å². The molecule has 1 fully saturated rings. The van der Waals surface area contributed by atoms with Crippen LogP contribution in [0.4, 0.5) is 0 Å². The van der Waals surface area contributed by atoms with Gasteiger partial charge in [0.25, 0.3) is 5.91 Å². The van der Waals surface area contributed by atoms with Crippen molar-refractivity contribution in [2.75, 3.05) is 13.1 Å². The van der Waals surface area contributed by atoms with E-state index in [0.29, 0.717) is 23.6 Å². The van der Waals surface area contributed by atoms with Gasteiger partial charge in [-0.1, -0.05) is 30.3 Å². The van der Waals surface area contributed by atoms with Gasteiger partial charge in [-0.25, -0.2) is 9.97 Å². The van der Waals surface area contributed by atoms with Crippen molar-refractivity contribution in [2.24, 2.45) is 0 Å². The fourth-order valence-corrected chi connectivity index (χ4v) is 4.62. The molecule has 1 unspecified atom stereocenters. The molecule has 1 aliphatic rings. The first kappa shape index (κ1) is 18.8. The Kier molecular flexibility index (Phi) is 4.49. The number of rotatable bonds is 3. The molecule has 4 heterocycles. The smallest absolute Gasteiger partial charge is 0.254 e. The summed E-state index contributed by atoms with van der Waals surface area (Å²) in [7, 11) is 0. The molecule has 1 aliphatic heterocycles. The lowest BCUT2D eigenvalue weighted by molar-refractivity contribution is 0.0707. The van der Waals surface area contributed by atoms with Gasteiger partial charge in [0, 0.05) is 24.4 Å². The van der Waals surface area contributed by atoms with Crippen LogP contribution in [0.3, 0.4) is 0 Å². The second-order valence-corrected chi connectivity index (χ2v) is 8.28. The quantitative estimate of drug-likeness (QED) is 0.423. The molecule has 158 valence electrons. The van der Waals surface area contributed by atoms with E-state index in [9.17, 15) is 4.79 Å². The molecule has 1 atom stereocenters. The van der Waals surface area contributed by atoms with E-state index in [2.05, 4.69) is 4.98 Å². The number of nitrogens with zero attached hydrogens (tertiary/aromatic N) is 3. The highest BCUT2D eigenvalue weighted by molar-refractivity contribution is 6.07. The second kappa shape index (κ2) is 7.64. The Morgan fingerprint density at radius 2 is 1.84 bits per heavy atom. The molecule has 6 rings (SSSR count). The van der Waals surface area contributed by atoms with E-state index < -0.39 is 0 Å². The Morgan fingerprint density at radius 1 is 1.00 bits per heavy atom. The number of aromatic amines is 1. The number of aromatic nitrogens is 3. The molecular formula is C26H22N4O2. The Balaban J connectivity index is 1.35. The van der Waals surface area contributed by atoms with Gasteiger partial charge in [-0.3, -0.25) is 4.79 Å². The molecule has 6 nitrogen and oxygen atoms in total. The third-order valence-electron chi connectivity index (χ3n) is 6.22. The number of H-pyrrole nitrogens is 1. The average Bonchev–Trinajstić information content (AvgIpc) is 3.53. The Morgan fingerprint density at radius 3 is 2.69 bits per heavy atom. The van der Waals surface area contributed by atoms with Crippen molar-refractivity contribution in [1.29, 1.82) is 0 Å². The fourth-order valence-electron chi connectivity index (χ4n) is 4.62. The number of likely N-dealkylation sites (tertiary alicyclic amines) is 1. The lowest BCUT2D eigenvalue weighted by Gasteiger charge is -2.32. The van der Waals surface area contributed by atoms with E-state index in [4.69, 9.17) is 14.4 Å². The number of nitrogens with one attached hydrogen (secondary N) is 1. The van der Waals surface area contributed by atoms with Crippen LogP contribution in [0.5, 0.6) is 0 Å². The van der Waals surface area contributed by atoms with Crippen LogP contribution in [0.1, 0.15) is 34.9 Å². The predicted molar refractivity (Wildman–Crippen MR) is 123 cm³/mol. The number of hydrogen-bond acceptors (Lipinski definition) is 4. The molecule has 1 amide bonds. The lowest BCUT2D eigenvalue weighted by Crippen LogP contribution is -2.39. The van der Waals surface area contributed by atoms with Crippen molar-refractivity contribution in [3.8, 4) is 11.5 Å². The van der Waals surface area contributed by atoms with Crippen molar-refractivity contribution in [3.63, 3.8) is 0 Å². The molecule has 0 spiro atoms. The van der Waals surface area contributed by atoms with E-state index in [0.717, 1.165) is 47.1 Å². The maximum atomic E-state index is 13.7. The zero-order valence-corrected chi connectivity index (χ0v) is 17.5. The average molecular weight is 422 g/mol. The van der Waals surface area contributed by atoms with Crippen LogP contribution in [0.15, 0.2) is 77.4 Å². The SMILES string of the molecule is O=C(c1cc(-c2ccco2)nc2ccccc12)N1CCCC(c2nc3ccccc3[nH]2)C1. The van der Waals surface area contributed by atoms with Gasteiger partial charge in [-0.2, -0.15) is 0 Å². The molecule has 3 aromatic heterocycles. The van der Waals surface area contributed by atoms with E-state index in [1.807, 2.05) is 71.6 Å². The minimum absolute atomic E-state index is 0.0252. The molecular weight excluding hydrogens is 400 g/mol. The first-order chi connectivity index (χ1) is 15.8. The summed E-state index contributed by atoms with van der Waals surface area (Å²) in [4.78, 5) is 28.6. The highest BCUT2D eigenvalue weighted by Gasteiger charge is 2.28. The normalized spacial score (nSPS) is 16.6. The van der Waals surface area contributed by atoms with Crippen LogP contribution in [-0.2, 0) is 0 Å². The third-order valence-corrected chi connectivity index (χ3v) is 6.22. The molecule has 32 heavy (non-hydrogen) atoms. The van der Waals surface area contributed by atoms with Crippen molar-refractivity contribution in [3.05, 3.63) is 84.4 Å². The lowest BCUT2D eigenvalue weighted by atomic mass is 9.96. The molecule has 0 bridgehead atoms. The molecule has 6 heteroatoms. The van der Waals surface area contributed by atoms with Gasteiger partial charge in [-0.15, -0.1) is 0 Å². The summed E-state index contributed by atoms with van der Waals surface area (Å²) in [6.07, 6.45) is 3.58. The first-order valence-corrected chi connectivity index (χ1v) is 10.9. The summed E-state index contributed by atoms with van der Waals surface area (Å²) in [5.41, 5.74) is 4.12. The van der Waals surface area contributed by atoms with Gasteiger partial charge in [0.2, 0.25) is 0 Å². The van der Waals surface area contributed by atoms with Crippen LogP contribution in [0, 0.1) is 0 Å². The second-order valence-electron chi connectivity index (χ2n) is 8.28. The summed E-state index contributed by atoms with van der Waals surface area (Å²) < 4.78 is 5.55. The molecule has 0 saturated carbocycles.